The Hall–Kier alpha value is -1.56. The lowest BCUT2D eigenvalue weighted by Gasteiger charge is -2.30. The molecule has 0 aliphatic heterocycles. The molecule has 0 saturated heterocycles. The van der Waals surface area contributed by atoms with Gasteiger partial charge in [-0.3, -0.25) is 9.36 Å². The van der Waals surface area contributed by atoms with Crippen molar-refractivity contribution < 1.29 is 33.0 Å². The largest absolute Gasteiger partial charge is 0.508 e. The summed E-state index contributed by atoms with van der Waals surface area (Å²) in [5, 5.41) is 9.89. The Morgan fingerprint density at radius 2 is 1.75 bits per heavy atom. The molecule has 1 N–H and O–H groups in total. The van der Waals surface area contributed by atoms with Gasteiger partial charge in [-0.25, -0.2) is 0 Å². The van der Waals surface area contributed by atoms with Gasteiger partial charge in [0.1, 0.15) is 11.5 Å². The van der Waals surface area contributed by atoms with Gasteiger partial charge in [0.25, 0.3) is 0 Å². The summed E-state index contributed by atoms with van der Waals surface area (Å²) in [5.74, 6) is 0.166. The summed E-state index contributed by atoms with van der Waals surface area (Å²) < 4.78 is 34.6. The molecule has 0 amide bonds. The number of benzene rings is 1. The molecule has 8 heteroatoms. The zero-order valence-electron chi connectivity index (χ0n) is 17.7. The highest BCUT2D eigenvalue weighted by molar-refractivity contribution is 7.55. The van der Waals surface area contributed by atoms with Crippen LogP contribution in [-0.4, -0.2) is 43.7 Å². The third kappa shape index (κ3) is 6.23. The van der Waals surface area contributed by atoms with Gasteiger partial charge in [-0.05, 0) is 57.2 Å². The van der Waals surface area contributed by atoms with E-state index in [4.69, 9.17) is 18.5 Å². The van der Waals surface area contributed by atoms with Gasteiger partial charge in [-0.2, -0.15) is 0 Å². The van der Waals surface area contributed by atoms with Gasteiger partial charge in [-0.15, -0.1) is 0 Å². The fourth-order valence-corrected chi connectivity index (χ4v) is 5.01. The number of carbonyl (C=O) groups is 1. The van der Waals surface area contributed by atoms with Crippen LogP contribution in [0.1, 0.15) is 53.0 Å². The second-order valence-corrected chi connectivity index (χ2v) is 9.17. The minimum atomic E-state index is -3.68. The van der Waals surface area contributed by atoms with E-state index in [1.807, 2.05) is 13.8 Å². The molecule has 0 aromatic heterocycles. The summed E-state index contributed by atoms with van der Waals surface area (Å²) in [6.07, 6.45) is 0.711. The smallest absolute Gasteiger partial charge is 0.344 e. The predicted molar refractivity (Wildman–Crippen MR) is 108 cm³/mol. The summed E-state index contributed by atoms with van der Waals surface area (Å²) in [7, 11) is -2.12. The fourth-order valence-electron chi connectivity index (χ4n) is 3.08. The Bertz CT molecular complexity index is 677. The van der Waals surface area contributed by atoms with Crippen LogP contribution in [0.4, 0.5) is 0 Å². The Morgan fingerprint density at radius 1 is 1.14 bits per heavy atom. The van der Waals surface area contributed by atoms with Crippen LogP contribution in [-0.2, 0) is 28.6 Å². The molecule has 0 fully saturated rings. The number of rotatable bonds is 12. The summed E-state index contributed by atoms with van der Waals surface area (Å²) in [6.45, 7) is 9.55. The van der Waals surface area contributed by atoms with Crippen molar-refractivity contribution in [2.45, 2.75) is 58.5 Å². The van der Waals surface area contributed by atoms with E-state index in [1.165, 1.54) is 0 Å². The van der Waals surface area contributed by atoms with Crippen molar-refractivity contribution >= 4 is 13.6 Å². The van der Waals surface area contributed by atoms with Crippen LogP contribution >= 0.6 is 7.60 Å². The maximum atomic E-state index is 13.3. The van der Waals surface area contributed by atoms with Crippen molar-refractivity contribution in [1.82, 2.24) is 0 Å². The molecule has 0 aliphatic carbocycles. The van der Waals surface area contributed by atoms with Crippen LogP contribution < -0.4 is 4.74 Å². The molecular formula is C20H33O7P. The molecule has 1 atom stereocenters. The molecule has 0 saturated carbocycles. The zero-order valence-corrected chi connectivity index (χ0v) is 18.6. The normalized spacial score (nSPS) is 13.2. The van der Waals surface area contributed by atoms with Crippen molar-refractivity contribution in [3.05, 3.63) is 23.8 Å². The first kappa shape index (κ1) is 24.5. The van der Waals surface area contributed by atoms with E-state index in [0.717, 1.165) is 5.56 Å². The van der Waals surface area contributed by atoms with Crippen molar-refractivity contribution in [3.63, 3.8) is 0 Å². The standard InChI is InChI=1S/C20H33O7P/c1-7-25-19(22)18(28(23,26-8-2)27-9-3)12-13-20(4,5)16-14-15(21)10-11-17(16)24-6/h10-11,14,18,21H,7-9,12-13H2,1-6H3. The van der Waals surface area contributed by atoms with Crippen LogP contribution in [0.5, 0.6) is 11.5 Å². The number of esters is 1. The van der Waals surface area contributed by atoms with Gasteiger partial charge in [-0.1, -0.05) is 13.8 Å². The third-order valence-corrected chi connectivity index (χ3v) is 6.98. The van der Waals surface area contributed by atoms with Crippen LogP contribution in [0.15, 0.2) is 18.2 Å². The first-order chi connectivity index (χ1) is 13.1. The van der Waals surface area contributed by atoms with Gasteiger partial charge >= 0.3 is 13.6 Å². The number of methoxy groups -OCH3 is 1. The Kier molecular flexibility index (Phi) is 9.48. The minimum absolute atomic E-state index is 0.125. The summed E-state index contributed by atoms with van der Waals surface area (Å²) in [6, 6.07) is 4.89. The number of ether oxygens (including phenoxy) is 2. The molecule has 160 valence electrons. The van der Waals surface area contributed by atoms with E-state index in [9.17, 15) is 14.5 Å². The highest BCUT2D eigenvalue weighted by Gasteiger charge is 2.43. The first-order valence-corrected chi connectivity index (χ1v) is 11.2. The molecular weight excluding hydrogens is 383 g/mol. The van der Waals surface area contributed by atoms with E-state index >= 15 is 0 Å². The van der Waals surface area contributed by atoms with Gasteiger partial charge in [0.05, 0.1) is 26.9 Å². The Morgan fingerprint density at radius 3 is 2.25 bits per heavy atom. The second-order valence-electron chi connectivity index (χ2n) is 6.95. The summed E-state index contributed by atoms with van der Waals surface area (Å²) in [4.78, 5) is 12.6. The molecule has 28 heavy (non-hydrogen) atoms. The average molecular weight is 416 g/mol. The summed E-state index contributed by atoms with van der Waals surface area (Å²) >= 11 is 0. The number of phenols is 1. The fraction of sp³-hybridized carbons (Fsp3) is 0.650. The van der Waals surface area contributed by atoms with Crippen LogP contribution in [0, 0.1) is 0 Å². The number of hydrogen-bond acceptors (Lipinski definition) is 7. The molecule has 1 rings (SSSR count). The Labute approximate surface area is 167 Å². The van der Waals surface area contributed by atoms with Crippen molar-refractivity contribution in [2.75, 3.05) is 26.9 Å². The molecule has 0 aliphatic rings. The van der Waals surface area contributed by atoms with Crippen LogP contribution in [0.3, 0.4) is 0 Å². The van der Waals surface area contributed by atoms with Gasteiger partial charge in [0, 0.05) is 5.56 Å². The van der Waals surface area contributed by atoms with E-state index in [0.29, 0.717) is 12.2 Å². The van der Waals surface area contributed by atoms with Crippen molar-refractivity contribution in [3.8, 4) is 11.5 Å². The maximum absolute atomic E-state index is 13.3. The van der Waals surface area contributed by atoms with E-state index in [1.54, 1.807) is 46.1 Å². The Balaban J connectivity index is 3.17. The van der Waals surface area contributed by atoms with E-state index in [-0.39, 0.29) is 32.0 Å². The van der Waals surface area contributed by atoms with Gasteiger partial charge < -0.3 is 23.6 Å². The lowest BCUT2D eigenvalue weighted by atomic mass is 9.79. The highest BCUT2D eigenvalue weighted by atomic mass is 31.2. The molecule has 1 aromatic carbocycles. The number of aromatic hydroxyl groups is 1. The van der Waals surface area contributed by atoms with Crippen LogP contribution in [0.25, 0.3) is 0 Å². The monoisotopic (exact) mass is 416 g/mol. The highest BCUT2D eigenvalue weighted by Crippen LogP contribution is 2.55. The van der Waals surface area contributed by atoms with Crippen LogP contribution in [0.2, 0.25) is 0 Å². The quantitative estimate of drug-likeness (QED) is 0.391. The molecule has 0 bridgehead atoms. The molecule has 7 nitrogen and oxygen atoms in total. The van der Waals surface area contributed by atoms with E-state index in [2.05, 4.69) is 0 Å². The average Bonchev–Trinajstić information content (AvgIpc) is 2.62. The van der Waals surface area contributed by atoms with Gasteiger partial charge in [0.15, 0.2) is 5.66 Å². The number of phenolic OH excluding ortho intramolecular Hbond substituents is 1. The number of hydrogen-bond donors (Lipinski definition) is 1. The lowest BCUT2D eigenvalue weighted by molar-refractivity contribution is -0.143. The van der Waals surface area contributed by atoms with Crippen molar-refractivity contribution in [1.29, 1.82) is 0 Å². The second kappa shape index (κ2) is 10.8. The topological polar surface area (TPSA) is 91.3 Å². The number of carbonyl (C=O) groups excluding carboxylic acids is 1. The lowest BCUT2D eigenvalue weighted by Crippen LogP contribution is -2.29. The maximum Gasteiger partial charge on any atom is 0.344 e. The summed E-state index contributed by atoms with van der Waals surface area (Å²) in [5.41, 5.74) is -0.701. The molecule has 0 heterocycles. The predicted octanol–water partition coefficient (Wildman–Crippen LogP) is 4.66. The molecule has 0 spiro atoms. The van der Waals surface area contributed by atoms with Crippen molar-refractivity contribution in [2.24, 2.45) is 0 Å². The molecule has 1 unspecified atom stereocenters. The van der Waals surface area contributed by atoms with Gasteiger partial charge in [0.2, 0.25) is 0 Å². The minimum Gasteiger partial charge on any atom is -0.508 e. The zero-order chi connectivity index (χ0) is 21.4. The first-order valence-electron chi connectivity index (χ1n) is 9.58. The third-order valence-electron chi connectivity index (χ3n) is 4.51. The molecule has 1 aromatic rings. The van der Waals surface area contributed by atoms with E-state index < -0.39 is 24.6 Å². The SMILES string of the molecule is CCOC(=O)C(CCC(C)(C)c1cc(O)ccc1OC)P(=O)(OCC)OCC. The molecule has 0 radical (unpaired) electrons.